The molecule has 0 aliphatic rings. The topological polar surface area (TPSA) is 57.2 Å². The van der Waals surface area contributed by atoms with Crippen molar-refractivity contribution in [2.75, 3.05) is 0 Å². The summed E-state index contributed by atoms with van der Waals surface area (Å²) in [4.78, 5) is -0.178. The molecule has 5 heteroatoms. The first-order chi connectivity index (χ1) is 5.00. The maximum Gasteiger partial charge on any atom is 1.00 e. The number of hydrogen-bond donors (Lipinski definition) is 0. The molecule has 1 aromatic carbocycles. The summed E-state index contributed by atoms with van der Waals surface area (Å²) in [6.45, 7) is 1.82. The second kappa shape index (κ2) is 4.05. The molecule has 0 radical (unpaired) electrons. The van der Waals surface area contributed by atoms with Crippen molar-refractivity contribution < 1.29 is 30.0 Å². The summed E-state index contributed by atoms with van der Waals surface area (Å²) in [5.41, 5.74) is 0.928. The van der Waals surface area contributed by atoms with Gasteiger partial charge in [0.2, 0.25) is 0 Å². The molecule has 0 amide bonds. The molecular formula is C7H7CuO3S. The normalized spacial score (nSPS) is 10.5. The second-order valence-electron chi connectivity index (χ2n) is 2.27. The first-order valence-corrected chi connectivity index (χ1v) is 4.43. The molecule has 1 aromatic rings. The van der Waals surface area contributed by atoms with Gasteiger partial charge in [0, 0.05) is 0 Å². The Hall–Kier alpha value is -0.351. The van der Waals surface area contributed by atoms with Gasteiger partial charge in [0.25, 0.3) is 0 Å². The smallest absolute Gasteiger partial charge is 0.744 e. The van der Waals surface area contributed by atoms with Crippen molar-refractivity contribution in [3.8, 4) is 0 Å². The fourth-order valence-corrected chi connectivity index (χ4v) is 1.17. The second-order valence-corrected chi connectivity index (χ2v) is 3.65. The van der Waals surface area contributed by atoms with Crippen LogP contribution in [-0.2, 0) is 27.2 Å². The molecule has 70 valence electrons. The Morgan fingerprint density at radius 1 is 1.17 bits per heavy atom. The van der Waals surface area contributed by atoms with Gasteiger partial charge in [-0.2, -0.15) is 0 Å². The largest absolute Gasteiger partial charge is 1.00 e. The number of hydrogen-bond acceptors (Lipinski definition) is 3. The Morgan fingerprint density at radius 2 is 1.58 bits per heavy atom. The molecule has 3 nitrogen and oxygen atoms in total. The molecule has 0 saturated heterocycles. The van der Waals surface area contributed by atoms with Gasteiger partial charge in [0.05, 0.1) is 4.90 Å². The van der Waals surface area contributed by atoms with Crippen LogP contribution in [0.15, 0.2) is 29.2 Å². The third-order valence-corrected chi connectivity index (χ3v) is 2.16. The minimum Gasteiger partial charge on any atom is -0.744 e. The predicted molar refractivity (Wildman–Crippen MR) is 39.1 cm³/mol. The van der Waals surface area contributed by atoms with Crippen LogP contribution in [0, 0.1) is 6.92 Å². The Labute approximate surface area is 82.0 Å². The van der Waals surface area contributed by atoms with Crippen LogP contribution >= 0.6 is 0 Å². The molecule has 0 atom stereocenters. The van der Waals surface area contributed by atoms with Crippen LogP contribution < -0.4 is 0 Å². The van der Waals surface area contributed by atoms with E-state index in [0.29, 0.717) is 0 Å². The average molecular weight is 235 g/mol. The van der Waals surface area contributed by atoms with Gasteiger partial charge in [0.1, 0.15) is 10.1 Å². The molecule has 0 aliphatic carbocycles. The minimum absolute atomic E-state index is 0. The maximum absolute atomic E-state index is 10.4. The van der Waals surface area contributed by atoms with E-state index in [1.54, 1.807) is 12.1 Å². The fraction of sp³-hybridized carbons (Fsp3) is 0.143. The van der Waals surface area contributed by atoms with Crippen molar-refractivity contribution in [1.29, 1.82) is 0 Å². The van der Waals surface area contributed by atoms with E-state index < -0.39 is 10.1 Å². The Bertz CT molecular complexity index is 341. The fourth-order valence-electron chi connectivity index (χ4n) is 0.705. The van der Waals surface area contributed by atoms with Gasteiger partial charge >= 0.3 is 17.1 Å². The van der Waals surface area contributed by atoms with Crippen molar-refractivity contribution in [1.82, 2.24) is 0 Å². The van der Waals surface area contributed by atoms with Crippen molar-refractivity contribution in [3.63, 3.8) is 0 Å². The van der Waals surface area contributed by atoms with E-state index >= 15 is 0 Å². The molecule has 1 rings (SSSR count). The van der Waals surface area contributed by atoms with Crippen LogP contribution in [0.5, 0.6) is 0 Å². The predicted octanol–water partition coefficient (Wildman–Crippen LogP) is 0.897. The first kappa shape index (κ1) is 11.6. The molecule has 0 unspecified atom stereocenters. The van der Waals surface area contributed by atoms with E-state index in [9.17, 15) is 13.0 Å². The molecule has 0 fully saturated rings. The molecule has 12 heavy (non-hydrogen) atoms. The van der Waals surface area contributed by atoms with Crippen LogP contribution in [-0.4, -0.2) is 13.0 Å². The summed E-state index contributed by atoms with van der Waals surface area (Å²) in [7, 11) is -4.27. The first-order valence-electron chi connectivity index (χ1n) is 3.03. The molecular weight excluding hydrogens is 228 g/mol. The van der Waals surface area contributed by atoms with Gasteiger partial charge in [-0.1, -0.05) is 17.7 Å². The number of rotatable bonds is 1. The zero-order valence-corrected chi connectivity index (χ0v) is 8.00. The third kappa shape index (κ3) is 2.95. The van der Waals surface area contributed by atoms with Crippen LogP contribution in [0.4, 0.5) is 0 Å². The Kier molecular flexibility index (Phi) is 3.93. The van der Waals surface area contributed by atoms with E-state index in [1.807, 2.05) is 6.92 Å². The van der Waals surface area contributed by atoms with Crippen LogP contribution in [0.3, 0.4) is 0 Å². The summed E-state index contributed by atoms with van der Waals surface area (Å²) in [6.07, 6.45) is 0. The standard InChI is InChI=1S/C7H8O3S.Cu/c1-6-2-4-7(5-3-6)11(8,9)10;/h2-5H,1H3,(H,8,9,10);/q;+1/p-1. The van der Waals surface area contributed by atoms with Crippen LogP contribution in [0.2, 0.25) is 0 Å². The SMILES string of the molecule is Cc1ccc(S(=O)(=O)[O-])cc1.[Cu+]. The van der Waals surface area contributed by atoms with Gasteiger partial charge in [-0.3, -0.25) is 0 Å². The van der Waals surface area contributed by atoms with Crippen LogP contribution in [0.25, 0.3) is 0 Å². The Morgan fingerprint density at radius 3 is 1.92 bits per heavy atom. The number of benzene rings is 1. The summed E-state index contributed by atoms with van der Waals surface area (Å²) < 4.78 is 31.2. The Balaban J connectivity index is 0.00000121. The molecule has 0 N–H and O–H groups in total. The molecule has 0 bridgehead atoms. The third-order valence-electron chi connectivity index (χ3n) is 1.31. The molecule has 0 aliphatic heterocycles. The van der Waals surface area contributed by atoms with Crippen molar-refractivity contribution >= 4 is 10.1 Å². The van der Waals surface area contributed by atoms with E-state index in [0.717, 1.165) is 5.56 Å². The van der Waals surface area contributed by atoms with Gasteiger partial charge in [-0.25, -0.2) is 8.42 Å². The minimum atomic E-state index is -4.27. The monoisotopic (exact) mass is 234 g/mol. The van der Waals surface area contributed by atoms with Gasteiger partial charge in [-0.05, 0) is 19.1 Å². The maximum atomic E-state index is 10.4. The zero-order valence-electron chi connectivity index (χ0n) is 6.24. The van der Waals surface area contributed by atoms with E-state index in [-0.39, 0.29) is 22.0 Å². The van der Waals surface area contributed by atoms with Crippen molar-refractivity contribution in [3.05, 3.63) is 29.8 Å². The molecule has 0 heterocycles. The summed E-state index contributed by atoms with van der Waals surface area (Å²) >= 11 is 0. The van der Waals surface area contributed by atoms with Crippen molar-refractivity contribution in [2.24, 2.45) is 0 Å². The number of aryl methyl sites for hydroxylation is 1. The van der Waals surface area contributed by atoms with Gasteiger partial charge in [0.15, 0.2) is 0 Å². The summed E-state index contributed by atoms with van der Waals surface area (Å²) in [6, 6.07) is 5.78. The van der Waals surface area contributed by atoms with Crippen LogP contribution in [0.1, 0.15) is 5.56 Å². The van der Waals surface area contributed by atoms with E-state index in [1.165, 1.54) is 12.1 Å². The van der Waals surface area contributed by atoms with E-state index in [2.05, 4.69) is 0 Å². The summed E-state index contributed by atoms with van der Waals surface area (Å²) in [5, 5.41) is 0. The quantitative estimate of drug-likeness (QED) is 0.536. The zero-order chi connectivity index (χ0) is 8.48. The molecule has 0 aromatic heterocycles. The average Bonchev–Trinajstić information content (AvgIpc) is 1.86. The van der Waals surface area contributed by atoms with Crippen molar-refractivity contribution in [2.45, 2.75) is 11.8 Å². The van der Waals surface area contributed by atoms with Gasteiger partial charge in [-0.15, -0.1) is 0 Å². The summed E-state index contributed by atoms with van der Waals surface area (Å²) in [5.74, 6) is 0. The molecule has 0 saturated carbocycles. The molecule has 0 spiro atoms. The van der Waals surface area contributed by atoms with Gasteiger partial charge < -0.3 is 4.55 Å². The van der Waals surface area contributed by atoms with E-state index in [4.69, 9.17) is 0 Å².